The average Bonchev–Trinajstić information content (AvgIpc) is 2.38. The molecule has 0 radical (unpaired) electrons. The van der Waals surface area contributed by atoms with Crippen LogP contribution in [0.15, 0.2) is 24.3 Å². The van der Waals surface area contributed by atoms with Gasteiger partial charge >= 0.3 is 6.03 Å². The number of nitrogens with one attached hydrogen (secondary N) is 1. The molecule has 2 amide bonds. The summed E-state index contributed by atoms with van der Waals surface area (Å²) in [5.41, 5.74) is 2.01. The van der Waals surface area contributed by atoms with Crippen LogP contribution in [0.2, 0.25) is 0 Å². The Labute approximate surface area is 131 Å². The van der Waals surface area contributed by atoms with Gasteiger partial charge in [-0.25, -0.2) is 13.2 Å². The van der Waals surface area contributed by atoms with Crippen molar-refractivity contribution in [2.75, 3.05) is 47.7 Å². The van der Waals surface area contributed by atoms with Crippen molar-refractivity contribution in [3.05, 3.63) is 24.3 Å². The SMILES string of the molecule is CN(C)C(=O)Nc1ccc([N+](C)(C)C)cc1.COS(=O)(=O)[O-]. The molecule has 0 saturated carbocycles. The average molecular weight is 333 g/mol. The second-order valence-electron chi connectivity index (χ2n) is 5.46. The van der Waals surface area contributed by atoms with Gasteiger partial charge in [-0.3, -0.25) is 8.67 Å². The summed E-state index contributed by atoms with van der Waals surface area (Å²) in [5.74, 6) is 0. The highest BCUT2D eigenvalue weighted by molar-refractivity contribution is 7.80. The molecule has 1 aromatic carbocycles. The number of nitrogens with zero attached hydrogens (tertiary/aromatic N) is 2. The predicted octanol–water partition coefficient (Wildman–Crippen LogP) is 1.07. The fraction of sp³-hybridized carbons (Fsp3) is 0.462. The highest BCUT2D eigenvalue weighted by Crippen LogP contribution is 2.19. The molecule has 0 fully saturated rings. The second kappa shape index (κ2) is 8.08. The van der Waals surface area contributed by atoms with E-state index in [2.05, 4.69) is 30.6 Å². The van der Waals surface area contributed by atoms with Crippen LogP contribution >= 0.6 is 0 Å². The number of benzene rings is 1. The first-order chi connectivity index (χ1) is 9.86. The van der Waals surface area contributed by atoms with E-state index in [0.717, 1.165) is 17.3 Å². The largest absolute Gasteiger partial charge is 0.726 e. The first-order valence-electron chi connectivity index (χ1n) is 6.28. The Kier molecular flexibility index (Phi) is 7.47. The molecule has 0 aliphatic rings. The van der Waals surface area contributed by atoms with Gasteiger partial charge < -0.3 is 14.8 Å². The summed E-state index contributed by atoms with van der Waals surface area (Å²) in [4.78, 5) is 12.9. The van der Waals surface area contributed by atoms with E-state index in [4.69, 9.17) is 0 Å². The van der Waals surface area contributed by atoms with Gasteiger partial charge in [0.05, 0.1) is 28.3 Å². The van der Waals surface area contributed by atoms with E-state index >= 15 is 0 Å². The van der Waals surface area contributed by atoms with Gasteiger partial charge in [-0.05, 0) is 12.1 Å². The van der Waals surface area contributed by atoms with Crippen LogP contribution in [0.4, 0.5) is 16.2 Å². The zero-order valence-corrected chi connectivity index (χ0v) is 14.5. The Balaban J connectivity index is 0.000000626. The minimum absolute atomic E-state index is 0.113. The molecular weight excluding hydrogens is 310 g/mol. The highest BCUT2D eigenvalue weighted by atomic mass is 32.3. The molecule has 0 atom stereocenters. The van der Waals surface area contributed by atoms with Gasteiger partial charge in [0.1, 0.15) is 5.69 Å². The van der Waals surface area contributed by atoms with Crippen LogP contribution in [0.25, 0.3) is 0 Å². The van der Waals surface area contributed by atoms with Gasteiger partial charge in [0.2, 0.25) is 10.4 Å². The van der Waals surface area contributed by atoms with Gasteiger partial charge in [0.25, 0.3) is 0 Å². The number of anilines is 1. The normalized spacial score (nSPS) is 11.2. The summed E-state index contributed by atoms with van der Waals surface area (Å²) in [6, 6.07) is 7.76. The Morgan fingerprint density at radius 3 is 1.86 bits per heavy atom. The lowest BCUT2D eigenvalue weighted by atomic mass is 10.2. The summed E-state index contributed by atoms with van der Waals surface area (Å²) in [6.07, 6.45) is 0. The van der Waals surface area contributed by atoms with Crippen LogP contribution in [0, 0.1) is 0 Å². The first kappa shape index (κ1) is 20.3. The standard InChI is InChI=1S/C12H19N3O.CH4O4S/c1-14(2)12(16)13-10-6-8-11(9-7-10)15(3,4)5;1-5-6(2,3)4/h6-9H,1-5H3;1H3,(H,2,3,4). The molecule has 22 heavy (non-hydrogen) atoms. The maximum absolute atomic E-state index is 11.4. The van der Waals surface area contributed by atoms with E-state index in [1.165, 1.54) is 10.6 Å². The van der Waals surface area contributed by atoms with Crippen molar-refractivity contribution < 1.29 is 21.9 Å². The molecule has 1 N–H and O–H groups in total. The molecule has 0 unspecified atom stereocenters. The molecule has 8 nitrogen and oxygen atoms in total. The Bertz CT molecular complexity index is 577. The Morgan fingerprint density at radius 1 is 1.18 bits per heavy atom. The van der Waals surface area contributed by atoms with Gasteiger partial charge in [-0.2, -0.15) is 0 Å². The summed E-state index contributed by atoms with van der Waals surface area (Å²) < 4.78 is 31.8. The molecule has 0 bridgehead atoms. The fourth-order valence-corrected chi connectivity index (χ4v) is 1.23. The number of carbonyl (C=O) groups excluding carboxylic acids is 1. The number of urea groups is 1. The molecule has 0 saturated heterocycles. The maximum atomic E-state index is 11.4. The number of amides is 2. The van der Waals surface area contributed by atoms with Gasteiger partial charge in [-0.15, -0.1) is 0 Å². The van der Waals surface area contributed by atoms with Crippen LogP contribution < -0.4 is 9.80 Å². The van der Waals surface area contributed by atoms with E-state index in [-0.39, 0.29) is 6.03 Å². The minimum Gasteiger partial charge on any atom is -0.726 e. The summed E-state index contributed by atoms with van der Waals surface area (Å²) in [7, 11) is 6.15. The van der Waals surface area contributed by atoms with Crippen molar-refractivity contribution in [2.24, 2.45) is 0 Å². The van der Waals surface area contributed by atoms with Crippen LogP contribution in [0.3, 0.4) is 0 Å². The zero-order chi connectivity index (χ0) is 17.6. The third-order valence-corrected chi connectivity index (χ3v) is 2.91. The monoisotopic (exact) mass is 333 g/mol. The van der Waals surface area contributed by atoms with E-state index in [1.807, 2.05) is 24.3 Å². The van der Waals surface area contributed by atoms with Crippen molar-refractivity contribution in [3.8, 4) is 0 Å². The lowest BCUT2D eigenvalue weighted by molar-refractivity contribution is 0.230. The topological polar surface area (TPSA) is 98.8 Å². The fourth-order valence-electron chi connectivity index (χ4n) is 1.23. The maximum Gasteiger partial charge on any atom is 0.321 e. The van der Waals surface area contributed by atoms with Gasteiger partial charge in [0.15, 0.2) is 0 Å². The molecule has 1 aromatic rings. The van der Waals surface area contributed by atoms with Crippen molar-refractivity contribution in [2.45, 2.75) is 0 Å². The van der Waals surface area contributed by atoms with Crippen LogP contribution in [0.5, 0.6) is 0 Å². The van der Waals surface area contributed by atoms with Crippen molar-refractivity contribution >= 4 is 27.8 Å². The molecule has 0 spiro atoms. The molecule has 0 aliphatic heterocycles. The van der Waals surface area contributed by atoms with E-state index in [1.54, 1.807) is 14.1 Å². The van der Waals surface area contributed by atoms with E-state index in [0.29, 0.717) is 0 Å². The second-order valence-corrected chi connectivity index (χ2v) is 6.61. The first-order valence-corrected chi connectivity index (χ1v) is 7.62. The number of quaternary nitrogens is 1. The minimum atomic E-state index is -4.41. The van der Waals surface area contributed by atoms with Crippen LogP contribution in [-0.2, 0) is 14.6 Å². The van der Waals surface area contributed by atoms with Crippen molar-refractivity contribution in [1.82, 2.24) is 9.38 Å². The molecular formula is C13H23N3O5S. The lowest BCUT2D eigenvalue weighted by Gasteiger charge is -2.23. The van der Waals surface area contributed by atoms with Gasteiger partial charge in [-0.1, -0.05) is 0 Å². The predicted molar refractivity (Wildman–Crippen MR) is 85.4 cm³/mol. The lowest BCUT2D eigenvalue weighted by Crippen LogP contribution is -2.34. The summed E-state index contributed by atoms with van der Waals surface area (Å²) in [6.45, 7) is 0. The highest BCUT2D eigenvalue weighted by Gasteiger charge is 2.11. The van der Waals surface area contributed by atoms with Crippen LogP contribution in [-0.4, -0.2) is 66.2 Å². The van der Waals surface area contributed by atoms with E-state index in [9.17, 15) is 17.8 Å². The number of rotatable bonds is 3. The quantitative estimate of drug-likeness (QED) is 0.507. The zero-order valence-electron chi connectivity index (χ0n) is 13.7. The third kappa shape index (κ3) is 8.57. The number of hydrogen-bond acceptors (Lipinski definition) is 5. The molecule has 126 valence electrons. The molecule has 0 aliphatic carbocycles. The summed E-state index contributed by atoms with van der Waals surface area (Å²) >= 11 is 0. The molecule has 1 rings (SSSR count). The Hall–Kier alpha value is -1.68. The van der Waals surface area contributed by atoms with Crippen molar-refractivity contribution in [1.29, 1.82) is 0 Å². The van der Waals surface area contributed by atoms with E-state index < -0.39 is 10.4 Å². The molecule has 0 aromatic heterocycles. The third-order valence-electron chi connectivity index (χ3n) is 2.50. The van der Waals surface area contributed by atoms with Gasteiger partial charge in [0, 0.05) is 31.9 Å². The number of carbonyl (C=O) groups is 1. The summed E-state index contributed by atoms with van der Waals surface area (Å²) in [5, 5.41) is 2.80. The van der Waals surface area contributed by atoms with Crippen molar-refractivity contribution in [3.63, 3.8) is 0 Å². The Morgan fingerprint density at radius 2 is 1.59 bits per heavy atom. The van der Waals surface area contributed by atoms with Crippen LogP contribution in [0.1, 0.15) is 0 Å². The smallest absolute Gasteiger partial charge is 0.321 e. The molecule has 9 heteroatoms. The number of hydrogen-bond donors (Lipinski definition) is 1. The molecule has 0 heterocycles.